The van der Waals surface area contributed by atoms with Crippen molar-refractivity contribution in [2.45, 2.75) is 6.42 Å². The fraction of sp³-hybridized carbons (Fsp3) is 0.125. The van der Waals surface area contributed by atoms with Crippen LogP contribution in [-0.4, -0.2) is 18.4 Å². The maximum absolute atomic E-state index is 13.0. The average Bonchev–Trinajstić information content (AvgIpc) is 2.51. The van der Waals surface area contributed by atoms with Gasteiger partial charge in [-0.05, 0) is 29.8 Å². The second kappa shape index (κ2) is 7.44. The summed E-state index contributed by atoms with van der Waals surface area (Å²) < 4.78 is 38.5. The van der Waals surface area contributed by atoms with Crippen molar-refractivity contribution < 1.29 is 22.8 Å². The van der Waals surface area contributed by atoms with Crippen molar-refractivity contribution in [3.8, 4) is 0 Å². The van der Waals surface area contributed by atoms with E-state index >= 15 is 0 Å². The van der Waals surface area contributed by atoms with Crippen LogP contribution in [0.2, 0.25) is 0 Å². The molecule has 2 rings (SSSR count). The van der Waals surface area contributed by atoms with Gasteiger partial charge in [-0.2, -0.15) is 0 Å². The third-order valence-electron chi connectivity index (χ3n) is 2.93. The predicted molar refractivity (Wildman–Crippen MR) is 78.1 cm³/mol. The maximum atomic E-state index is 13.0. The van der Waals surface area contributed by atoms with Gasteiger partial charge >= 0.3 is 0 Å². The van der Waals surface area contributed by atoms with Crippen molar-refractivity contribution in [1.29, 1.82) is 0 Å². The van der Waals surface area contributed by atoms with E-state index in [0.29, 0.717) is 5.56 Å². The number of halogens is 3. The molecule has 0 bridgehead atoms. The van der Waals surface area contributed by atoms with E-state index in [1.807, 2.05) is 0 Å². The minimum Gasteiger partial charge on any atom is -0.347 e. The van der Waals surface area contributed by atoms with Gasteiger partial charge in [0.25, 0.3) is 0 Å². The van der Waals surface area contributed by atoms with E-state index in [-0.39, 0.29) is 18.7 Å². The van der Waals surface area contributed by atoms with Crippen LogP contribution in [-0.2, 0) is 16.0 Å². The Balaban J connectivity index is 1.80. The van der Waals surface area contributed by atoms with Crippen LogP contribution < -0.4 is 10.6 Å². The summed E-state index contributed by atoms with van der Waals surface area (Å²) >= 11 is 0. The summed E-state index contributed by atoms with van der Waals surface area (Å²) in [6, 6.07) is 8.34. The number of anilines is 1. The molecule has 0 radical (unpaired) electrons. The lowest BCUT2D eigenvalue weighted by atomic mass is 10.1. The summed E-state index contributed by atoms with van der Waals surface area (Å²) in [6.07, 6.45) is -0.00125. The van der Waals surface area contributed by atoms with E-state index in [1.165, 1.54) is 30.3 Å². The Labute approximate surface area is 130 Å². The summed E-state index contributed by atoms with van der Waals surface area (Å²) in [5.41, 5.74) is 0.687. The molecule has 0 aliphatic rings. The van der Waals surface area contributed by atoms with Gasteiger partial charge in [-0.15, -0.1) is 0 Å². The number of amides is 2. The van der Waals surface area contributed by atoms with Gasteiger partial charge in [0.05, 0.1) is 13.0 Å². The Bertz CT molecular complexity index is 718. The zero-order valence-electron chi connectivity index (χ0n) is 11.9. The second-order valence-electron chi connectivity index (χ2n) is 4.76. The largest absolute Gasteiger partial charge is 0.347 e. The van der Waals surface area contributed by atoms with Gasteiger partial charge in [0.1, 0.15) is 5.82 Å². The van der Waals surface area contributed by atoms with Crippen LogP contribution in [0.1, 0.15) is 5.56 Å². The molecular formula is C16H13F3N2O2. The number of carbonyl (C=O) groups is 2. The quantitative estimate of drug-likeness (QED) is 0.888. The molecule has 7 heteroatoms. The van der Waals surface area contributed by atoms with Gasteiger partial charge in [-0.3, -0.25) is 9.59 Å². The monoisotopic (exact) mass is 322 g/mol. The molecule has 0 aliphatic heterocycles. The van der Waals surface area contributed by atoms with Crippen LogP contribution in [0.4, 0.5) is 18.9 Å². The summed E-state index contributed by atoms with van der Waals surface area (Å²) in [5, 5.41) is 4.71. The minimum atomic E-state index is -1.08. The Kier molecular flexibility index (Phi) is 5.35. The lowest BCUT2D eigenvalue weighted by molar-refractivity contribution is -0.123. The van der Waals surface area contributed by atoms with Gasteiger partial charge in [-0.25, -0.2) is 13.2 Å². The van der Waals surface area contributed by atoms with Crippen molar-refractivity contribution >= 4 is 17.5 Å². The Morgan fingerprint density at radius 1 is 0.870 bits per heavy atom. The van der Waals surface area contributed by atoms with Crippen molar-refractivity contribution in [3.63, 3.8) is 0 Å². The SMILES string of the molecule is O=C(Cc1ccc(F)cc1)NCC(=O)Nc1ccc(F)c(F)c1. The molecule has 0 spiro atoms. The molecule has 4 nitrogen and oxygen atoms in total. The van der Waals surface area contributed by atoms with Crippen LogP contribution in [0.25, 0.3) is 0 Å². The van der Waals surface area contributed by atoms with E-state index in [2.05, 4.69) is 10.6 Å². The van der Waals surface area contributed by atoms with Gasteiger partial charge in [0.15, 0.2) is 11.6 Å². The molecule has 0 saturated heterocycles. The fourth-order valence-electron chi connectivity index (χ4n) is 1.81. The van der Waals surface area contributed by atoms with Crippen LogP contribution in [0.5, 0.6) is 0 Å². The smallest absolute Gasteiger partial charge is 0.243 e. The first kappa shape index (κ1) is 16.5. The third-order valence-corrected chi connectivity index (χ3v) is 2.93. The average molecular weight is 322 g/mol. The molecular weight excluding hydrogens is 309 g/mol. The normalized spacial score (nSPS) is 10.2. The van der Waals surface area contributed by atoms with Crippen molar-refractivity contribution in [2.75, 3.05) is 11.9 Å². The second-order valence-corrected chi connectivity index (χ2v) is 4.76. The standard InChI is InChI=1S/C16H13F3N2O2/c17-11-3-1-10(2-4-11)7-15(22)20-9-16(23)21-12-5-6-13(18)14(19)8-12/h1-6,8H,7,9H2,(H,20,22)(H,21,23). The molecule has 2 amide bonds. The van der Waals surface area contributed by atoms with E-state index in [4.69, 9.17) is 0 Å². The van der Waals surface area contributed by atoms with Gasteiger partial charge in [-0.1, -0.05) is 12.1 Å². The Hall–Kier alpha value is -2.83. The topological polar surface area (TPSA) is 58.2 Å². The molecule has 0 heterocycles. The van der Waals surface area contributed by atoms with Crippen LogP contribution >= 0.6 is 0 Å². The molecule has 0 unspecified atom stereocenters. The lowest BCUT2D eigenvalue weighted by Crippen LogP contribution is -2.33. The molecule has 0 aliphatic carbocycles. The van der Waals surface area contributed by atoms with Crippen LogP contribution in [0, 0.1) is 17.5 Å². The lowest BCUT2D eigenvalue weighted by Gasteiger charge is -2.07. The summed E-state index contributed by atoms with van der Waals surface area (Å²) in [5.74, 6) is -3.50. The number of hydrogen-bond donors (Lipinski definition) is 2. The first-order valence-electron chi connectivity index (χ1n) is 6.70. The predicted octanol–water partition coefficient (Wildman–Crippen LogP) is 2.40. The molecule has 0 aromatic heterocycles. The van der Waals surface area contributed by atoms with Crippen molar-refractivity contribution in [3.05, 3.63) is 65.5 Å². The number of nitrogens with one attached hydrogen (secondary N) is 2. The highest BCUT2D eigenvalue weighted by Gasteiger charge is 2.09. The van der Waals surface area contributed by atoms with Crippen LogP contribution in [0.15, 0.2) is 42.5 Å². The van der Waals surface area contributed by atoms with E-state index < -0.39 is 29.3 Å². The summed E-state index contributed by atoms with van der Waals surface area (Å²) in [6.45, 7) is -0.320. The molecule has 2 aromatic carbocycles. The molecule has 0 saturated carbocycles. The number of benzene rings is 2. The first-order chi connectivity index (χ1) is 10.9. The molecule has 0 fully saturated rings. The highest BCUT2D eigenvalue weighted by Crippen LogP contribution is 2.12. The molecule has 23 heavy (non-hydrogen) atoms. The summed E-state index contributed by atoms with van der Waals surface area (Å²) in [7, 11) is 0. The zero-order valence-corrected chi connectivity index (χ0v) is 11.9. The highest BCUT2D eigenvalue weighted by molar-refractivity contribution is 5.94. The van der Waals surface area contributed by atoms with E-state index in [9.17, 15) is 22.8 Å². The zero-order chi connectivity index (χ0) is 16.8. The van der Waals surface area contributed by atoms with Gasteiger partial charge in [0, 0.05) is 11.8 Å². The fourth-order valence-corrected chi connectivity index (χ4v) is 1.81. The maximum Gasteiger partial charge on any atom is 0.243 e. The third kappa shape index (κ3) is 5.14. The van der Waals surface area contributed by atoms with Gasteiger partial charge in [0.2, 0.25) is 11.8 Å². The first-order valence-corrected chi connectivity index (χ1v) is 6.70. The van der Waals surface area contributed by atoms with Gasteiger partial charge < -0.3 is 10.6 Å². The Morgan fingerprint density at radius 2 is 1.57 bits per heavy atom. The van der Waals surface area contributed by atoms with E-state index in [0.717, 1.165) is 12.1 Å². The Morgan fingerprint density at radius 3 is 2.22 bits per heavy atom. The summed E-state index contributed by atoms with van der Waals surface area (Å²) in [4.78, 5) is 23.3. The van der Waals surface area contributed by atoms with Crippen molar-refractivity contribution in [1.82, 2.24) is 5.32 Å². The number of carbonyl (C=O) groups excluding carboxylic acids is 2. The molecule has 120 valence electrons. The number of hydrogen-bond acceptors (Lipinski definition) is 2. The van der Waals surface area contributed by atoms with E-state index in [1.54, 1.807) is 0 Å². The highest BCUT2D eigenvalue weighted by atomic mass is 19.2. The molecule has 2 N–H and O–H groups in total. The minimum absolute atomic E-state index is 0.00125. The molecule has 2 aromatic rings. The molecule has 0 atom stereocenters. The van der Waals surface area contributed by atoms with Crippen molar-refractivity contribution in [2.24, 2.45) is 0 Å². The number of rotatable bonds is 5. The van der Waals surface area contributed by atoms with Crippen LogP contribution in [0.3, 0.4) is 0 Å².